The fraction of sp³-hybridized carbons (Fsp3) is 0.364. The minimum Gasteiger partial charge on any atom is -0.294 e. The van der Waals surface area contributed by atoms with Crippen LogP contribution in [0.5, 0.6) is 0 Å². The maximum absolute atomic E-state index is 11.6. The molecule has 1 nitrogen and oxygen atoms in total. The van der Waals surface area contributed by atoms with Gasteiger partial charge in [-0.15, -0.1) is 0 Å². The van der Waals surface area contributed by atoms with Crippen LogP contribution in [0.1, 0.15) is 30.6 Å². The zero-order valence-corrected chi connectivity index (χ0v) is 9.69. The van der Waals surface area contributed by atoms with Gasteiger partial charge in [0.2, 0.25) is 0 Å². The van der Waals surface area contributed by atoms with Crippen LogP contribution in [0.3, 0.4) is 0 Å². The molecule has 1 aromatic carbocycles. The standard InChI is InChI=1S/C11H12Cl2O/c1-7(2)3-11(14)8-4-9(12)6-10(13)5-8/h4-7H,3H2,1-2H3. The van der Waals surface area contributed by atoms with Gasteiger partial charge in [0.05, 0.1) is 0 Å². The first-order valence-corrected chi connectivity index (χ1v) is 5.24. The largest absolute Gasteiger partial charge is 0.294 e. The molecule has 1 aromatic rings. The quantitative estimate of drug-likeness (QED) is 0.711. The number of benzene rings is 1. The van der Waals surface area contributed by atoms with Crippen molar-refractivity contribution >= 4 is 29.0 Å². The molecule has 0 aliphatic heterocycles. The second-order valence-electron chi connectivity index (χ2n) is 3.68. The van der Waals surface area contributed by atoms with Gasteiger partial charge in [-0.1, -0.05) is 37.0 Å². The molecule has 0 bridgehead atoms. The first kappa shape index (κ1) is 11.5. The lowest BCUT2D eigenvalue weighted by atomic mass is 10.0. The Morgan fingerprint density at radius 2 is 1.71 bits per heavy atom. The van der Waals surface area contributed by atoms with E-state index in [2.05, 4.69) is 0 Å². The second-order valence-corrected chi connectivity index (χ2v) is 4.55. The summed E-state index contributed by atoms with van der Waals surface area (Å²) in [7, 11) is 0. The number of carbonyl (C=O) groups is 1. The van der Waals surface area contributed by atoms with Gasteiger partial charge in [0.15, 0.2) is 5.78 Å². The third-order valence-corrected chi connectivity index (χ3v) is 2.21. The fourth-order valence-electron chi connectivity index (χ4n) is 1.20. The van der Waals surface area contributed by atoms with Crippen molar-refractivity contribution in [3.8, 4) is 0 Å². The molecule has 0 amide bonds. The molecule has 0 unspecified atom stereocenters. The molecular formula is C11H12Cl2O. The highest BCUT2D eigenvalue weighted by atomic mass is 35.5. The van der Waals surface area contributed by atoms with Crippen molar-refractivity contribution in [1.29, 1.82) is 0 Å². The van der Waals surface area contributed by atoms with Crippen LogP contribution in [0.4, 0.5) is 0 Å². The number of hydrogen-bond acceptors (Lipinski definition) is 1. The Labute approximate surface area is 94.0 Å². The second kappa shape index (κ2) is 4.81. The molecule has 0 N–H and O–H groups in total. The van der Waals surface area contributed by atoms with Crippen LogP contribution in [0.25, 0.3) is 0 Å². The molecule has 0 aliphatic carbocycles. The summed E-state index contributed by atoms with van der Waals surface area (Å²) in [6.07, 6.45) is 0.524. The van der Waals surface area contributed by atoms with Gasteiger partial charge in [-0.2, -0.15) is 0 Å². The molecule has 0 radical (unpaired) electrons. The number of halogens is 2. The van der Waals surface area contributed by atoms with Gasteiger partial charge in [0, 0.05) is 22.0 Å². The minimum absolute atomic E-state index is 0.0874. The van der Waals surface area contributed by atoms with Crippen LogP contribution in [-0.2, 0) is 0 Å². The molecule has 76 valence electrons. The summed E-state index contributed by atoms with van der Waals surface area (Å²) >= 11 is 11.6. The summed E-state index contributed by atoms with van der Waals surface area (Å²) in [5.74, 6) is 0.435. The van der Waals surface area contributed by atoms with Gasteiger partial charge in [0.1, 0.15) is 0 Å². The third-order valence-electron chi connectivity index (χ3n) is 1.78. The van der Waals surface area contributed by atoms with Crippen molar-refractivity contribution in [1.82, 2.24) is 0 Å². The van der Waals surface area contributed by atoms with Gasteiger partial charge in [-0.25, -0.2) is 0 Å². The van der Waals surface area contributed by atoms with Crippen LogP contribution in [0.15, 0.2) is 18.2 Å². The molecule has 0 spiro atoms. The lowest BCUT2D eigenvalue weighted by Gasteiger charge is -2.04. The van der Waals surface area contributed by atoms with E-state index < -0.39 is 0 Å². The average molecular weight is 231 g/mol. The number of ketones is 1. The molecule has 0 fully saturated rings. The zero-order chi connectivity index (χ0) is 10.7. The highest BCUT2D eigenvalue weighted by Gasteiger charge is 2.09. The van der Waals surface area contributed by atoms with Crippen LogP contribution in [-0.4, -0.2) is 5.78 Å². The van der Waals surface area contributed by atoms with E-state index in [1.807, 2.05) is 13.8 Å². The summed E-state index contributed by atoms with van der Waals surface area (Å²) in [4.78, 5) is 11.6. The summed E-state index contributed by atoms with van der Waals surface area (Å²) in [6, 6.07) is 4.92. The third kappa shape index (κ3) is 3.32. The molecular weight excluding hydrogens is 219 g/mol. The van der Waals surface area contributed by atoms with Gasteiger partial charge in [0.25, 0.3) is 0 Å². The van der Waals surface area contributed by atoms with E-state index >= 15 is 0 Å². The van der Waals surface area contributed by atoms with E-state index in [0.29, 0.717) is 27.9 Å². The van der Waals surface area contributed by atoms with Crippen LogP contribution < -0.4 is 0 Å². The summed E-state index contributed by atoms with van der Waals surface area (Å²) < 4.78 is 0. The number of carbonyl (C=O) groups excluding carboxylic acids is 1. The Balaban J connectivity index is 2.90. The SMILES string of the molecule is CC(C)CC(=O)c1cc(Cl)cc(Cl)c1. The van der Waals surface area contributed by atoms with Gasteiger partial charge < -0.3 is 0 Å². The zero-order valence-electron chi connectivity index (χ0n) is 8.18. The lowest BCUT2D eigenvalue weighted by Crippen LogP contribution is -2.03. The van der Waals surface area contributed by atoms with Gasteiger partial charge in [-0.3, -0.25) is 4.79 Å². The minimum atomic E-state index is 0.0874. The molecule has 0 saturated heterocycles. The summed E-state index contributed by atoms with van der Waals surface area (Å²) in [6.45, 7) is 4.01. The number of hydrogen-bond donors (Lipinski definition) is 0. The Hall–Kier alpha value is -0.530. The molecule has 0 aromatic heterocycles. The normalized spacial score (nSPS) is 10.6. The fourth-order valence-corrected chi connectivity index (χ4v) is 1.73. The highest BCUT2D eigenvalue weighted by molar-refractivity contribution is 6.35. The predicted octanol–water partition coefficient (Wildman–Crippen LogP) is 4.22. The van der Waals surface area contributed by atoms with Crippen molar-refractivity contribution in [2.45, 2.75) is 20.3 Å². The Morgan fingerprint density at radius 1 is 1.21 bits per heavy atom. The summed E-state index contributed by atoms with van der Waals surface area (Å²) in [5.41, 5.74) is 0.594. The molecule has 0 atom stereocenters. The van der Waals surface area contributed by atoms with Crippen molar-refractivity contribution in [2.75, 3.05) is 0 Å². The van der Waals surface area contributed by atoms with Gasteiger partial charge in [-0.05, 0) is 24.1 Å². The van der Waals surface area contributed by atoms with Crippen molar-refractivity contribution in [2.24, 2.45) is 5.92 Å². The Morgan fingerprint density at radius 3 is 2.14 bits per heavy atom. The van der Waals surface area contributed by atoms with Gasteiger partial charge >= 0.3 is 0 Å². The monoisotopic (exact) mass is 230 g/mol. The highest BCUT2D eigenvalue weighted by Crippen LogP contribution is 2.20. The van der Waals surface area contributed by atoms with E-state index in [9.17, 15) is 4.79 Å². The first-order chi connectivity index (χ1) is 6.49. The topological polar surface area (TPSA) is 17.1 Å². The van der Waals surface area contributed by atoms with Crippen molar-refractivity contribution in [3.63, 3.8) is 0 Å². The molecule has 0 saturated carbocycles. The van der Waals surface area contributed by atoms with Crippen LogP contribution in [0.2, 0.25) is 10.0 Å². The van der Waals surface area contributed by atoms with E-state index in [4.69, 9.17) is 23.2 Å². The Bertz CT molecular complexity index is 325. The number of Topliss-reactive ketones (excluding diaryl/α,β-unsaturated/α-hetero) is 1. The average Bonchev–Trinajstić information content (AvgIpc) is 2.00. The van der Waals surface area contributed by atoms with E-state index in [1.165, 1.54) is 0 Å². The molecule has 0 heterocycles. The van der Waals surface area contributed by atoms with Crippen molar-refractivity contribution < 1.29 is 4.79 Å². The van der Waals surface area contributed by atoms with E-state index in [-0.39, 0.29) is 5.78 Å². The van der Waals surface area contributed by atoms with Crippen LogP contribution in [0, 0.1) is 5.92 Å². The molecule has 14 heavy (non-hydrogen) atoms. The Kier molecular flexibility index (Phi) is 3.97. The molecule has 1 rings (SSSR count). The molecule has 0 aliphatic rings. The summed E-state index contributed by atoms with van der Waals surface area (Å²) in [5, 5.41) is 1.01. The first-order valence-electron chi connectivity index (χ1n) is 4.48. The van der Waals surface area contributed by atoms with E-state index in [1.54, 1.807) is 18.2 Å². The molecule has 3 heteroatoms. The maximum atomic E-state index is 11.6. The van der Waals surface area contributed by atoms with E-state index in [0.717, 1.165) is 0 Å². The smallest absolute Gasteiger partial charge is 0.163 e. The van der Waals surface area contributed by atoms with Crippen LogP contribution >= 0.6 is 23.2 Å². The maximum Gasteiger partial charge on any atom is 0.163 e. The lowest BCUT2D eigenvalue weighted by molar-refractivity contribution is 0.0968. The van der Waals surface area contributed by atoms with Crippen molar-refractivity contribution in [3.05, 3.63) is 33.8 Å². The predicted molar refractivity (Wildman–Crippen MR) is 60.2 cm³/mol. The number of rotatable bonds is 3.